The highest BCUT2D eigenvalue weighted by molar-refractivity contribution is 5.69. The molecular formula is C26H26FN5O. The molecule has 4 aromatic rings. The van der Waals surface area contributed by atoms with Crippen LogP contribution in [0.3, 0.4) is 0 Å². The maximum absolute atomic E-state index is 13.5. The third-order valence-corrected chi connectivity index (χ3v) is 6.33. The molecule has 0 spiro atoms. The quantitative estimate of drug-likeness (QED) is 0.426. The number of aryl methyl sites for hydroxylation is 2. The summed E-state index contributed by atoms with van der Waals surface area (Å²) in [5, 5.41) is 4.72. The molecule has 0 saturated heterocycles. The molecule has 0 N–H and O–H groups in total. The number of imidazole rings is 1. The summed E-state index contributed by atoms with van der Waals surface area (Å²) in [5.74, 6) is 2.11. The van der Waals surface area contributed by atoms with Crippen molar-refractivity contribution in [3.63, 3.8) is 0 Å². The molecule has 0 fully saturated rings. The Bertz CT molecular complexity index is 1320. The Morgan fingerprint density at radius 3 is 2.67 bits per heavy atom. The Kier molecular flexibility index (Phi) is 5.32. The third-order valence-electron chi connectivity index (χ3n) is 6.33. The number of hydrogen-bond donors (Lipinski definition) is 0. The van der Waals surface area contributed by atoms with E-state index in [1.807, 2.05) is 64.9 Å². The van der Waals surface area contributed by atoms with Gasteiger partial charge in [-0.2, -0.15) is 5.10 Å². The van der Waals surface area contributed by atoms with Gasteiger partial charge in [0.15, 0.2) is 5.82 Å². The van der Waals surface area contributed by atoms with Crippen molar-refractivity contribution in [2.45, 2.75) is 38.6 Å². The maximum Gasteiger partial charge on any atom is 0.174 e. The molecule has 0 aliphatic carbocycles. The second-order valence-corrected chi connectivity index (χ2v) is 8.65. The molecule has 0 radical (unpaired) electrons. The van der Waals surface area contributed by atoms with Gasteiger partial charge in [-0.3, -0.25) is 0 Å². The molecule has 1 atom stereocenters. The van der Waals surface area contributed by atoms with Gasteiger partial charge in [-0.1, -0.05) is 24.3 Å². The molecule has 168 valence electrons. The second-order valence-electron chi connectivity index (χ2n) is 8.65. The summed E-state index contributed by atoms with van der Waals surface area (Å²) in [4.78, 5) is 9.15. The molecule has 1 aliphatic rings. The smallest absolute Gasteiger partial charge is 0.174 e. The van der Waals surface area contributed by atoms with Gasteiger partial charge in [-0.25, -0.2) is 19.0 Å². The molecule has 3 heterocycles. The maximum atomic E-state index is 13.5. The van der Waals surface area contributed by atoms with Gasteiger partial charge in [0, 0.05) is 12.7 Å². The van der Waals surface area contributed by atoms with Gasteiger partial charge in [0.2, 0.25) is 0 Å². The number of aromatic nitrogens is 5. The molecule has 33 heavy (non-hydrogen) atoms. The third kappa shape index (κ3) is 3.95. The summed E-state index contributed by atoms with van der Waals surface area (Å²) < 4.78 is 23.0. The van der Waals surface area contributed by atoms with Gasteiger partial charge in [-0.15, -0.1) is 0 Å². The zero-order valence-electron chi connectivity index (χ0n) is 19.0. The number of halogens is 1. The van der Waals surface area contributed by atoms with Crippen LogP contribution < -0.4 is 4.74 Å². The van der Waals surface area contributed by atoms with E-state index in [2.05, 4.69) is 11.9 Å². The SMILES string of the molecule is COc1cc(C=Cc2nc3n(n2)CCC[C@@]3(C)c2ccc(F)cc2)ccc1-n1cnc(C)c1. The van der Waals surface area contributed by atoms with Crippen molar-refractivity contribution < 1.29 is 9.13 Å². The zero-order valence-corrected chi connectivity index (χ0v) is 19.0. The van der Waals surface area contributed by atoms with Crippen LogP contribution in [0.2, 0.25) is 0 Å². The van der Waals surface area contributed by atoms with E-state index >= 15 is 0 Å². The van der Waals surface area contributed by atoms with E-state index in [-0.39, 0.29) is 11.2 Å². The fourth-order valence-electron chi connectivity index (χ4n) is 4.51. The first kappa shape index (κ1) is 21.1. The molecular weight excluding hydrogens is 417 g/mol. The predicted octanol–water partition coefficient (Wildman–Crippen LogP) is 5.19. The highest BCUT2D eigenvalue weighted by Gasteiger charge is 2.37. The van der Waals surface area contributed by atoms with Crippen molar-refractivity contribution >= 4 is 12.2 Å². The average Bonchev–Trinajstić information content (AvgIpc) is 3.45. The highest BCUT2D eigenvalue weighted by atomic mass is 19.1. The van der Waals surface area contributed by atoms with Crippen molar-refractivity contribution in [2.24, 2.45) is 0 Å². The van der Waals surface area contributed by atoms with Crippen molar-refractivity contribution in [1.29, 1.82) is 0 Å². The van der Waals surface area contributed by atoms with E-state index in [4.69, 9.17) is 14.8 Å². The van der Waals surface area contributed by atoms with E-state index < -0.39 is 0 Å². The normalized spacial score (nSPS) is 17.9. The summed E-state index contributed by atoms with van der Waals surface area (Å²) in [7, 11) is 1.66. The fraction of sp³-hybridized carbons (Fsp3) is 0.269. The van der Waals surface area contributed by atoms with Crippen molar-refractivity contribution in [3.05, 3.63) is 89.3 Å². The van der Waals surface area contributed by atoms with E-state index in [0.29, 0.717) is 5.82 Å². The summed E-state index contributed by atoms with van der Waals surface area (Å²) in [5.41, 5.74) is 3.63. The van der Waals surface area contributed by atoms with Crippen LogP contribution in [0.1, 0.15) is 48.2 Å². The predicted molar refractivity (Wildman–Crippen MR) is 126 cm³/mol. The monoisotopic (exact) mass is 443 g/mol. The Hall–Kier alpha value is -3.74. The van der Waals surface area contributed by atoms with Crippen LogP contribution in [0, 0.1) is 12.7 Å². The number of hydrogen-bond acceptors (Lipinski definition) is 4. The first-order chi connectivity index (χ1) is 16.0. The van der Waals surface area contributed by atoms with Crippen LogP contribution in [-0.4, -0.2) is 31.4 Å². The number of ether oxygens (including phenoxy) is 1. The van der Waals surface area contributed by atoms with Crippen molar-refractivity contribution in [2.75, 3.05) is 7.11 Å². The molecule has 1 aliphatic heterocycles. The lowest BCUT2D eigenvalue weighted by atomic mass is 9.76. The molecule has 0 amide bonds. The largest absolute Gasteiger partial charge is 0.495 e. The van der Waals surface area contributed by atoms with Gasteiger partial charge < -0.3 is 9.30 Å². The number of nitrogens with zero attached hydrogens (tertiary/aromatic N) is 5. The molecule has 0 bridgehead atoms. The fourth-order valence-corrected chi connectivity index (χ4v) is 4.51. The number of benzene rings is 2. The van der Waals surface area contributed by atoms with Crippen LogP contribution in [0.25, 0.3) is 17.8 Å². The van der Waals surface area contributed by atoms with Crippen LogP contribution in [0.5, 0.6) is 5.75 Å². The lowest BCUT2D eigenvalue weighted by Gasteiger charge is -2.33. The number of rotatable bonds is 5. The Labute approximate surface area is 192 Å². The lowest BCUT2D eigenvalue weighted by Crippen LogP contribution is -2.33. The first-order valence-corrected chi connectivity index (χ1v) is 11.0. The Balaban J connectivity index is 1.43. The molecule has 0 unspecified atom stereocenters. The van der Waals surface area contributed by atoms with Crippen LogP contribution >= 0.6 is 0 Å². The summed E-state index contributed by atoms with van der Waals surface area (Å²) in [6.07, 6.45) is 9.60. The van der Waals surface area contributed by atoms with Crippen molar-refractivity contribution in [3.8, 4) is 11.4 Å². The summed E-state index contributed by atoms with van der Waals surface area (Å²) in [6.45, 7) is 4.95. The van der Waals surface area contributed by atoms with Crippen molar-refractivity contribution in [1.82, 2.24) is 24.3 Å². The zero-order chi connectivity index (χ0) is 23.0. The topological polar surface area (TPSA) is 57.8 Å². The van der Waals surface area contributed by atoms with E-state index in [9.17, 15) is 4.39 Å². The minimum absolute atomic E-state index is 0.229. The first-order valence-electron chi connectivity index (χ1n) is 11.0. The Morgan fingerprint density at radius 2 is 1.94 bits per heavy atom. The molecule has 0 saturated carbocycles. The van der Waals surface area contributed by atoms with Crippen LogP contribution in [-0.2, 0) is 12.0 Å². The molecule has 2 aromatic carbocycles. The summed E-state index contributed by atoms with van der Waals surface area (Å²) in [6, 6.07) is 12.8. The van der Waals surface area contributed by atoms with Gasteiger partial charge >= 0.3 is 0 Å². The van der Waals surface area contributed by atoms with Gasteiger partial charge in [-0.05, 0) is 68.2 Å². The molecule has 7 heteroatoms. The van der Waals surface area contributed by atoms with E-state index in [1.165, 1.54) is 12.1 Å². The molecule has 6 nitrogen and oxygen atoms in total. The van der Waals surface area contributed by atoms with Gasteiger partial charge in [0.25, 0.3) is 0 Å². The minimum atomic E-state index is -0.293. The van der Waals surface area contributed by atoms with E-state index in [0.717, 1.165) is 53.5 Å². The number of methoxy groups -OCH3 is 1. The minimum Gasteiger partial charge on any atom is -0.495 e. The lowest BCUT2D eigenvalue weighted by molar-refractivity contribution is 0.357. The molecule has 5 rings (SSSR count). The molecule has 2 aromatic heterocycles. The standard InChI is InChI=1S/C26H26FN5O/c1-18-16-31(17-28-18)22-11-5-19(15-23(22)33-3)6-12-24-29-25-26(2,13-4-14-32(25)30-24)20-7-9-21(27)10-8-20/h5-12,15-17H,4,13-14H2,1-3H3/t26-/m0/s1. The second kappa shape index (κ2) is 8.31. The summed E-state index contributed by atoms with van der Waals surface area (Å²) >= 11 is 0. The van der Waals surface area contributed by atoms with Gasteiger partial charge in [0.1, 0.15) is 17.4 Å². The Morgan fingerprint density at radius 1 is 1.12 bits per heavy atom. The number of fused-ring (bicyclic) bond motifs is 1. The van der Waals surface area contributed by atoms with Gasteiger partial charge in [0.05, 0.1) is 30.2 Å². The van der Waals surface area contributed by atoms with Crippen LogP contribution in [0.4, 0.5) is 4.39 Å². The van der Waals surface area contributed by atoms with Crippen LogP contribution in [0.15, 0.2) is 55.0 Å². The van der Waals surface area contributed by atoms with E-state index in [1.54, 1.807) is 13.4 Å². The average molecular weight is 444 g/mol. The highest BCUT2D eigenvalue weighted by Crippen LogP contribution is 2.38.